The second-order valence-corrected chi connectivity index (χ2v) is 6.63. The van der Waals surface area contributed by atoms with Crippen molar-refractivity contribution in [3.63, 3.8) is 0 Å². The first-order chi connectivity index (χ1) is 10.7. The molecule has 22 heavy (non-hydrogen) atoms. The molecule has 1 amide bonds. The van der Waals surface area contributed by atoms with E-state index < -0.39 is 0 Å². The lowest BCUT2D eigenvalue weighted by atomic mass is 10.1. The summed E-state index contributed by atoms with van der Waals surface area (Å²) in [6, 6.07) is 0. The second-order valence-electron chi connectivity index (χ2n) is 6.63. The van der Waals surface area contributed by atoms with E-state index in [0.717, 1.165) is 52.0 Å². The van der Waals surface area contributed by atoms with Crippen molar-refractivity contribution in [3.05, 3.63) is 12.2 Å². The van der Waals surface area contributed by atoms with E-state index in [2.05, 4.69) is 6.58 Å². The summed E-state index contributed by atoms with van der Waals surface area (Å²) in [4.78, 5) is 14.2. The van der Waals surface area contributed by atoms with Gasteiger partial charge < -0.3 is 14.4 Å². The van der Waals surface area contributed by atoms with Crippen LogP contribution in [0.5, 0.6) is 0 Å². The Morgan fingerprint density at radius 1 is 1.05 bits per heavy atom. The first-order valence-electron chi connectivity index (χ1n) is 8.85. The highest BCUT2D eigenvalue weighted by atomic mass is 16.5. The summed E-state index contributed by atoms with van der Waals surface area (Å²) in [5.41, 5.74) is 0.634. The minimum Gasteiger partial charge on any atom is -0.378 e. The lowest BCUT2D eigenvalue weighted by Gasteiger charge is -2.24. The Morgan fingerprint density at radius 3 is 1.91 bits per heavy atom. The Morgan fingerprint density at radius 2 is 1.55 bits per heavy atom. The number of hydrogen-bond donors (Lipinski definition) is 0. The number of ether oxygens (including phenoxy) is 2. The van der Waals surface area contributed by atoms with Gasteiger partial charge in [0.2, 0.25) is 5.91 Å². The van der Waals surface area contributed by atoms with Crippen LogP contribution in [0.25, 0.3) is 0 Å². The molecule has 0 N–H and O–H groups in total. The van der Waals surface area contributed by atoms with Crippen LogP contribution in [0.1, 0.15) is 58.3 Å². The average Bonchev–Trinajstić information content (AvgIpc) is 3.18. The Bertz CT molecular complexity index is 335. The van der Waals surface area contributed by atoms with E-state index >= 15 is 0 Å². The maximum atomic E-state index is 12.3. The van der Waals surface area contributed by atoms with Crippen molar-refractivity contribution in [2.75, 3.05) is 26.3 Å². The van der Waals surface area contributed by atoms with E-state index in [0.29, 0.717) is 17.8 Å². The maximum absolute atomic E-state index is 12.3. The summed E-state index contributed by atoms with van der Waals surface area (Å²) in [6.07, 6.45) is 9.69. The number of amides is 1. The van der Waals surface area contributed by atoms with Crippen LogP contribution >= 0.6 is 0 Å². The van der Waals surface area contributed by atoms with Crippen molar-refractivity contribution >= 4 is 5.91 Å². The van der Waals surface area contributed by atoms with Crippen LogP contribution in [0.15, 0.2) is 12.2 Å². The van der Waals surface area contributed by atoms with Gasteiger partial charge >= 0.3 is 0 Å². The maximum Gasteiger partial charge on any atom is 0.248 e. The summed E-state index contributed by atoms with van der Waals surface area (Å²) < 4.78 is 11.3. The van der Waals surface area contributed by atoms with Crippen LogP contribution < -0.4 is 0 Å². The third-order valence-electron chi connectivity index (χ3n) is 4.61. The third-order valence-corrected chi connectivity index (χ3v) is 4.61. The molecule has 0 spiro atoms. The van der Waals surface area contributed by atoms with Crippen LogP contribution in [0.3, 0.4) is 0 Å². The molecule has 0 aromatic heterocycles. The molecule has 2 saturated heterocycles. The van der Waals surface area contributed by atoms with Crippen molar-refractivity contribution in [2.24, 2.45) is 0 Å². The molecule has 2 atom stereocenters. The minimum atomic E-state index is 0.0969. The predicted molar refractivity (Wildman–Crippen MR) is 87.8 cm³/mol. The van der Waals surface area contributed by atoms with Crippen molar-refractivity contribution < 1.29 is 14.3 Å². The normalized spacial score (nSPS) is 24.6. The Balaban J connectivity index is 1.69. The summed E-state index contributed by atoms with van der Waals surface area (Å²) >= 11 is 0. The van der Waals surface area contributed by atoms with Crippen molar-refractivity contribution in [3.8, 4) is 0 Å². The van der Waals surface area contributed by atoms with Gasteiger partial charge in [0.05, 0.1) is 12.2 Å². The van der Waals surface area contributed by atoms with Gasteiger partial charge in [-0.25, -0.2) is 0 Å². The van der Waals surface area contributed by atoms with E-state index in [4.69, 9.17) is 9.47 Å². The molecule has 0 bridgehead atoms. The minimum absolute atomic E-state index is 0.0969. The lowest BCUT2D eigenvalue weighted by molar-refractivity contribution is -0.127. The van der Waals surface area contributed by atoms with Gasteiger partial charge in [0, 0.05) is 31.9 Å². The summed E-state index contributed by atoms with van der Waals surface area (Å²) in [5.74, 6) is 0.0969. The van der Waals surface area contributed by atoms with E-state index in [1.54, 1.807) is 6.92 Å². The van der Waals surface area contributed by atoms with Gasteiger partial charge in [-0.1, -0.05) is 6.58 Å². The summed E-state index contributed by atoms with van der Waals surface area (Å²) in [5, 5.41) is 0. The molecule has 126 valence electrons. The molecule has 0 radical (unpaired) electrons. The Kier molecular flexibility index (Phi) is 7.40. The number of rotatable bonds is 9. The Hall–Kier alpha value is -0.870. The third kappa shape index (κ3) is 5.73. The van der Waals surface area contributed by atoms with E-state index in [1.807, 2.05) is 4.90 Å². The van der Waals surface area contributed by atoms with Gasteiger partial charge in [-0.05, 0) is 58.3 Å². The highest BCUT2D eigenvalue weighted by Crippen LogP contribution is 2.19. The van der Waals surface area contributed by atoms with Crippen molar-refractivity contribution in [2.45, 2.75) is 70.5 Å². The van der Waals surface area contributed by atoms with Crippen LogP contribution in [-0.2, 0) is 14.3 Å². The smallest absolute Gasteiger partial charge is 0.248 e. The molecule has 0 saturated carbocycles. The highest BCUT2D eigenvalue weighted by molar-refractivity contribution is 5.92. The largest absolute Gasteiger partial charge is 0.378 e. The van der Waals surface area contributed by atoms with Gasteiger partial charge in [0.25, 0.3) is 0 Å². The molecule has 0 aliphatic carbocycles. The van der Waals surface area contributed by atoms with Crippen LogP contribution in [-0.4, -0.2) is 49.3 Å². The SMILES string of the molecule is C=C(C)C(=O)N(CCCC1CCCO1)CCCC1CCCO1. The monoisotopic (exact) mass is 309 g/mol. The zero-order valence-corrected chi connectivity index (χ0v) is 14.0. The summed E-state index contributed by atoms with van der Waals surface area (Å²) in [7, 11) is 0. The molecular formula is C18H31NO3. The van der Waals surface area contributed by atoms with E-state index in [9.17, 15) is 4.79 Å². The molecule has 2 fully saturated rings. The van der Waals surface area contributed by atoms with Crippen LogP contribution in [0.2, 0.25) is 0 Å². The molecule has 0 aromatic rings. The average molecular weight is 309 g/mol. The van der Waals surface area contributed by atoms with Gasteiger partial charge in [-0.3, -0.25) is 4.79 Å². The molecule has 2 rings (SSSR count). The van der Waals surface area contributed by atoms with Gasteiger partial charge in [-0.15, -0.1) is 0 Å². The molecule has 2 heterocycles. The highest BCUT2D eigenvalue weighted by Gasteiger charge is 2.19. The molecule has 0 aromatic carbocycles. The number of carbonyl (C=O) groups is 1. The molecule has 2 aliphatic heterocycles. The molecule has 4 heteroatoms. The first kappa shape index (κ1) is 17.5. The molecular weight excluding hydrogens is 278 g/mol. The van der Waals surface area contributed by atoms with Crippen molar-refractivity contribution in [1.29, 1.82) is 0 Å². The zero-order chi connectivity index (χ0) is 15.8. The number of nitrogens with zero attached hydrogens (tertiary/aromatic N) is 1. The van der Waals surface area contributed by atoms with Gasteiger partial charge in [0.15, 0.2) is 0 Å². The molecule has 4 nitrogen and oxygen atoms in total. The van der Waals surface area contributed by atoms with Gasteiger partial charge in [-0.2, -0.15) is 0 Å². The quantitative estimate of drug-likeness (QED) is 0.613. The zero-order valence-electron chi connectivity index (χ0n) is 14.0. The Labute approximate surface area is 134 Å². The fourth-order valence-corrected chi connectivity index (χ4v) is 3.35. The fourth-order valence-electron chi connectivity index (χ4n) is 3.35. The molecule has 2 unspecified atom stereocenters. The number of carbonyl (C=O) groups excluding carboxylic acids is 1. The second kappa shape index (κ2) is 9.31. The van der Waals surface area contributed by atoms with Crippen LogP contribution in [0.4, 0.5) is 0 Å². The van der Waals surface area contributed by atoms with Crippen LogP contribution in [0, 0.1) is 0 Å². The fraction of sp³-hybridized carbons (Fsp3) is 0.833. The standard InChI is InChI=1S/C18H31NO3/c1-15(2)18(20)19(11-3-7-16-9-5-13-21-16)12-4-8-17-10-6-14-22-17/h16-17H,1,3-14H2,2H3. The number of hydrogen-bond acceptors (Lipinski definition) is 3. The summed E-state index contributed by atoms with van der Waals surface area (Å²) in [6.45, 7) is 9.05. The van der Waals surface area contributed by atoms with Crippen molar-refractivity contribution in [1.82, 2.24) is 4.90 Å². The first-order valence-corrected chi connectivity index (χ1v) is 8.85. The predicted octanol–water partition coefficient (Wildman–Crippen LogP) is 3.31. The van der Waals surface area contributed by atoms with Gasteiger partial charge in [0.1, 0.15) is 0 Å². The molecule has 2 aliphatic rings. The topological polar surface area (TPSA) is 38.8 Å². The van der Waals surface area contributed by atoms with E-state index in [-0.39, 0.29) is 5.91 Å². The lowest BCUT2D eigenvalue weighted by Crippen LogP contribution is -2.34. The van der Waals surface area contributed by atoms with E-state index in [1.165, 1.54) is 25.7 Å².